The number of rotatable bonds is 4. The number of anilines is 2. The summed E-state index contributed by atoms with van der Waals surface area (Å²) in [5.74, 6) is 2.51. The first kappa shape index (κ1) is 21.4. The highest BCUT2D eigenvalue weighted by molar-refractivity contribution is 6.17. The summed E-state index contributed by atoms with van der Waals surface area (Å²) in [7, 11) is 0. The van der Waals surface area contributed by atoms with Crippen molar-refractivity contribution in [3.63, 3.8) is 0 Å². The lowest BCUT2D eigenvalue weighted by Gasteiger charge is -2.35. The minimum Gasteiger partial charge on any atom is -0.454 e. The molecule has 0 bridgehead atoms. The van der Waals surface area contributed by atoms with Gasteiger partial charge in [-0.2, -0.15) is 0 Å². The first-order valence-corrected chi connectivity index (χ1v) is 12.0. The summed E-state index contributed by atoms with van der Waals surface area (Å²) in [4.78, 5) is 18.6. The number of ether oxygens (including phenoxy) is 4. The number of hydrogen-bond donors (Lipinski definition) is 2. The van der Waals surface area contributed by atoms with Gasteiger partial charge in [0.05, 0.1) is 22.5 Å². The Balaban J connectivity index is 1.44. The average molecular weight is 467 g/mol. The molecule has 34 heavy (non-hydrogen) atoms. The van der Waals surface area contributed by atoms with E-state index in [9.17, 15) is 4.79 Å². The molecular formula is C25H30N4O5. The third kappa shape index (κ3) is 3.59. The molecule has 0 atom stereocenters. The Hall–Kier alpha value is -3.17. The lowest BCUT2D eigenvalue weighted by Crippen LogP contribution is -2.41. The van der Waals surface area contributed by atoms with Gasteiger partial charge in [0.2, 0.25) is 13.6 Å². The van der Waals surface area contributed by atoms with Crippen LogP contribution in [0.4, 0.5) is 11.4 Å². The normalized spacial score (nSPS) is 20.2. The highest BCUT2D eigenvalue weighted by atomic mass is 16.7. The highest BCUT2D eigenvalue weighted by Gasteiger charge is 2.34. The Morgan fingerprint density at radius 3 is 1.50 bits per heavy atom. The Morgan fingerprint density at radius 2 is 1.09 bits per heavy atom. The van der Waals surface area contributed by atoms with E-state index in [-0.39, 0.29) is 31.5 Å². The van der Waals surface area contributed by atoms with Crippen LogP contribution in [0.3, 0.4) is 0 Å². The van der Waals surface area contributed by atoms with E-state index >= 15 is 0 Å². The summed E-state index contributed by atoms with van der Waals surface area (Å²) in [5, 5.41) is 0. The predicted molar refractivity (Wildman–Crippen MR) is 127 cm³/mol. The summed E-state index contributed by atoms with van der Waals surface area (Å²) >= 11 is 0. The molecule has 180 valence electrons. The summed E-state index contributed by atoms with van der Waals surface area (Å²) in [6.07, 6.45) is 3.45. The van der Waals surface area contributed by atoms with Crippen LogP contribution in [0.25, 0.3) is 0 Å². The van der Waals surface area contributed by atoms with Crippen molar-refractivity contribution in [1.29, 1.82) is 0 Å². The monoisotopic (exact) mass is 466 g/mol. The third-order valence-corrected chi connectivity index (χ3v) is 7.23. The number of ketones is 1. The van der Waals surface area contributed by atoms with Crippen LogP contribution in [0.15, 0.2) is 24.3 Å². The molecule has 0 saturated carbocycles. The van der Waals surface area contributed by atoms with E-state index in [1.165, 1.54) is 0 Å². The molecule has 4 heterocycles. The van der Waals surface area contributed by atoms with Crippen LogP contribution in [-0.4, -0.2) is 57.6 Å². The van der Waals surface area contributed by atoms with Crippen LogP contribution in [-0.2, 0) is 0 Å². The van der Waals surface area contributed by atoms with Crippen LogP contribution in [0.2, 0.25) is 0 Å². The summed E-state index contributed by atoms with van der Waals surface area (Å²) in [6, 6.07) is 7.69. The molecule has 0 aromatic heterocycles. The quantitative estimate of drug-likeness (QED) is 0.655. The van der Waals surface area contributed by atoms with Crippen molar-refractivity contribution < 1.29 is 23.7 Å². The molecule has 4 N–H and O–H groups in total. The molecule has 9 heteroatoms. The van der Waals surface area contributed by atoms with Gasteiger partial charge in [-0.3, -0.25) is 4.79 Å². The Morgan fingerprint density at radius 1 is 0.676 bits per heavy atom. The maximum absolute atomic E-state index is 14.2. The summed E-state index contributed by atoms with van der Waals surface area (Å²) in [6.45, 7) is 3.35. The van der Waals surface area contributed by atoms with Gasteiger partial charge in [-0.15, -0.1) is 0 Å². The molecule has 2 saturated heterocycles. The second-order valence-corrected chi connectivity index (χ2v) is 9.37. The van der Waals surface area contributed by atoms with Crippen molar-refractivity contribution in [2.75, 3.05) is 49.6 Å². The molecule has 2 aromatic rings. The van der Waals surface area contributed by atoms with Crippen molar-refractivity contribution in [3.8, 4) is 23.0 Å². The molecule has 0 spiro atoms. The average Bonchev–Trinajstić information content (AvgIpc) is 3.53. The third-order valence-electron chi connectivity index (χ3n) is 7.23. The molecule has 2 aromatic carbocycles. The van der Waals surface area contributed by atoms with E-state index in [0.29, 0.717) is 34.1 Å². The van der Waals surface area contributed by atoms with Crippen molar-refractivity contribution in [3.05, 3.63) is 35.4 Å². The van der Waals surface area contributed by atoms with Gasteiger partial charge in [0.15, 0.2) is 28.8 Å². The number of fused-ring (bicyclic) bond motifs is 2. The first-order chi connectivity index (χ1) is 16.6. The smallest absolute Gasteiger partial charge is 0.231 e. The van der Waals surface area contributed by atoms with Gasteiger partial charge in [-0.05, 0) is 49.9 Å². The highest BCUT2D eigenvalue weighted by Crippen LogP contribution is 2.48. The zero-order valence-corrected chi connectivity index (χ0v) is 19.1. The van der Waals surface area contributed by atoms with Gasteiger partial charge in [-0.1, -0.05) is 0 Å². The second-order valence-electron chi connectivity index (χ2n) is 9.37. The van der Waals surface area contributed by atoms with Gasteiger partial charge >= 0.3 is 0 Å². The van der Waals surface area contributed by atoms with Gasteiger partial charge in [0.25, 0.3) is 0 Å². The van der Waals surface area contributed by atoms with Crippen LogP contribution < -0.4 is 40.2 Å². The predicted octanol–water partition coefficient (Wildman–Crippen LogP) is 2.23. The maximum Gasteiger partial charge on any atom is 0.231 e. The minimum absolute atomic E-state index is 0.0775. The fraction of sp³-hybridized carbons (Fsp3) is 0.480. The Labute approximate surface area is 198 Å². The van der Waals surface area contributed by atoms with Crippen LogP contribution in [0.1, 0.15) is 41.6 Å². The summed E-state index contributed by atoms with van der Waals surface area (Å²) < 4.78 is 23.0. The Bertz CT molecular complexity index is 1020. The van der Waals surface area contributed by atoms with Crippen LogP contribution >= 0.6 is 0 Å². The van der Waals surface area contributed by atoms with Gasteiger partial charge in [0, 0.05) is 38.3 Å². The van der Waals surface area contributed by atoms with Gasteiger partial charge < -0.3 is 40.2 Å². The van der Waals surface area contributed by atoms with Crippen molar-refractivity contribution in [1.82, 2.24) is 0 Å². The van der Waals surface area contributed by atoms with Crippen molar-refractivity contribution in [2.24, 2.45) is 11.5 Å². The van der Waals surface area contributed by atoms with E-state index < -0.39 is 0 Å². The molecule has 0 aliphatic carbocycles. The topological polar surface area (TPSA) is 113 Å². The molecule has 9 nitrogen and oxygen atoms in total. The number of carbonyl (C=O) groups is 1. The van der Waals surface area contributed by atoms with E-state index in [4.69, 9.17) is 30.4 Å². The fourth-order valence-corrected chi connectivity index (χ4v) is 5.30. The molecular weight excluding hydrogens is 436 g/mol. The largest absolute Gasteiger partial charge is 0.454 e. The first-order valence-electron chi connectivity index (χ1n) is 12.0. The fourth-order valence-electron chi connectivity index (χ4n) is 5.30. The number of benzene rings is 2. The minimum atomic E-state index is -0.0775. The zero-order chi connectivity index (χ0) is 23.2. The number of piperidine rings is 2. The molecule has 0 radical (unpaired) electrons. The van der Waals surface area contributed by atoms with E-state index in [1.54, 1.807) is 0 Å². The van der Waals surface area contributed by atoms with Crippen molar-refractivity contribution in [2.45, 2.75) is 37.8 Å². The van der Waals surface area contributed by atoms with Gasteiger partial charge in [0.1, 0.15) is 0 Å². The zero-order valence-electron chi connectivity index (χ0n) is 19.1. The number of carbonyl (C=O) groups excluding carboxylic acids is 1. The standard InChI is InChI=1S/C25H30N4O5/c26-15-5-9-28(10-6-15)21-17(1-3-19-24(21)33-13-31-19)23(30)18-2-4-20-25(34-14-32-20)22(18)29-11-7-16(27)8-12-29/h1-4,15-16H,5-14,26-27H2. The molecule has 6 rings (SSSR count). The lowest BCUT2D eigenvalue weighted by molar-refractivity contribution is 0.103. The second kappa shape index (κ2) is 8.56. The van der Waals surface area contributed by atoms with Crippen molar-refractivity contribution >= 4 is 17.2 Å². The number of nitrogens with two attached hydrogens (primary N) is 2. The summed E-state index contributed by atoms with van der Waals surface area (Å²) in [5.41, 5.74) is 15.1. The van der Waals surface area contributed by atoms with Crippen LogP contribution in [0, 0.1) is 0 Å². The SMILES string of the molecule is NC1CCN(c2c(C(=O)c3ccc4c(c3N3CCC(N)CC3)OCO4)ccc3c2OCO3)CC1. The molecule has 4 aliphatic rings. The number of nitrogens with zero attached hydrogens (tertiary/aromatic N) is 2. The van der Waals surface area contributed by atoms with Crippen LogP contribution in [0.5, 0.6) is 23.0 Å². The lowest BCUT2D eigenvalue weighted by atomic mass is 9.95. The van der Waals surface area contributed by atoms with Gasteiger partial charge in [-0.25, -0.2) is 0 Å². The molecule has 0 amide bonds. The Kier molecular flexibility index (Phi) is 5.38. The molecule has 4 aliphatic heterocycles. The number of hydrogen-bond acceptors (Lipinski definition) is 9. The van der Waals surface area contributed by atoms with E-state index in [0.717, 1.165) is 63.2 Å². The van der Waals surface area contributed by atoms with E-state index in [2.05, 4.69) is 9.80 Å². The molecule has 0 unspecified atom stereocenters. The molecule has 2 fully saturated rings. The van der Waals surface area contributed by atoms with E-state index in [1.807, 2.05) is 24.3 Å². The maximum atomic E-state index is 14.2.